The molecule has 0 N–H and O–H groups in total. The minimum Gasteiger partial charge on any atom is -1.00 e. The van der Waals surface area contributed by atoms with E-state index >= 15 is 0 Å². The summed E-state index contributed by atoms with van der Waals surface area (Å²) in [7, 11) is 18.7. The van der Waals surface area contributed by atoms with Gasteiger partial charge in [0.2, 0.25) is 0 Å². The second kappa shape index (κ2) is 50.8. The molecular formula is H22KP11W. The SMILES string of the molecule is P.P.PP.PP(P)P.PPP.[H-].[K+].[W]. The first kappa shape index (κ1) is 42.7. The zero-order valence-electron chi connectivity index (χ0n) is 8.81. The van der Waals surface area contributed by atoms with E-state index in [-0.39, 0.29) is 101 Å². The Kier molecular flexibility index (Phi) is 167. The molecule has 0 fully saturated rings. The summed E-state index contributed by atoms with van der Waals surface area (Å²) < 4.78 is 0. The van der Waals surface area contributed by atoms with Crippen LogP contribution < -0.4 is 51.4 Å². The molecule has 84 valence electrons. The Morgan fingerprint density at radius 3 is 0.923 bits per heavy atom. The van der Waals surface area contributed by atoms with Gasteiger partial charge in [0.05, 0.1) is 0 Å². The maximum absolute atomic E-state index is 2.65. The van der Waals surface area contributed by atoms with E-state index in [0.29, 0.717) is 0 Å². The van der Waals surface area contributed by atoms with Crippen LogP contribution in [0, 0.1) is 0 Å². The van der Waals surface area contributed by atoms with Gasteiger partial charge in [0, 0.05) is 21.1 Å². The topological polar surface area (TPSA) is 0 Å². The van der Waals surface area contributed by atoms with Gasteiger partial charge in [-0.2, -0.15) is 19.8 Å². The van der Waals surface area contributed by atoms with E-state index in [2.05, 4.69) is 62.5 Å². The van der Waals surface area contributed by atoms with Crippen molar-refractivity contribution in [2.75, 3.05) is 0 Å². The third-order valence-corrected chi connectivity index (χ3v) is 0. The van der Waals surface area contributed by atoms with E-state index < -0.39 is 0 Å². The monoisotopic (exact) mass is 586 g/mol. The standard InChI is InChI=1S/K.H6P4.H5P3.H4P2.2H3P.W.H/c;1-4(2)3;1-3-2;1-2;;;;/h;1-3H2;3H,1-2H2;1-2H2;2*1H3;;/q+1;;;;;;;-1. The van der Waals surface area contributed by atoms with Gasteiger partial charge in [-0.25, -0.2) is 0 Å². The predicted molar refractivity (Wildman–Crippen MR) is 107 cm³/mol. The molecule has 0 aliphatic heterocycles. The molecule has 13 heavy (non-hydrogen) atoms. The summed E-state index contributed by atoms with van der Waals surface area (Å²) >= 11 is 0. The van der Waals surface area contributed by atoms with Crippen molar-refractivity contribution in [3.05, 3.63) is 0 Å². The Bertz CT molecular complexity index is 26.5. The Labute approximate surface area is 168 Å². The maximum atomic E-state index is 2.65. The first-order valence-electron chi connectivity index (χ1n) is 1.69. The van der Waals surface area contributed by atoms with Crippen LogP contribution in [0.25, 0.3) is 0 Å². The summed E-state index contributed by atoms with van der Waals surface area (Å²) in [5.41, 5.74) is 0. The van der Waals surface area contributed by atoms with Crippen LogP contribution in [0.4, 0.5) is 0 Å². The molecule has 0 heterocycles. The van der Waals surface area contributed by atoms with Crippen LogP contribution in [-0.2, 0) is 21.1 Å². The van der Waals surface area contributed by atoms with E-state index in [1.54, 1.807) is 0 Å². The van der Waals surface area contributed by atoms with Gasteiger partial charge in [-0.1, -0.05) is 7.96 Å². The number of rotatable bonds is 0. The normalized spacial score (nSPS) is 4.62. The van der Waals surface area contributed by atoms with Gasteiger partial charge in [-0.15, -0.1) is 62.5 Å². The molecule has 0 saturated heterocycles. The van der Waals surface area contributed by atoms with Gasteiger partial charge in [0.15, 0.2) is 0 Å². The van der Waals surface area contributed by atoms with E-state index in [9.17, 15) is 0 Å². The third-order valence-electron chi connectivity index (χ3n) is 0. The molecule has 0 aromatic heterocycles. The second-order valence-electron chi connectivity index (χ2n) is 0.614. The number of hydrogen-bond acceptors (Lipinski definition) is 0. The molecule has 0 radical (unpaired) electrons. The van der Waals surface area contributed by atoms with Gasteiger partial charge in [-0.05, 0) is 6.99 Å². The van der Waals surface area contributed by atoms with Crippen molar-refractivity contribution in [3.8, 4) is 0 Å². The van der Waals surface area contributed by atoms with Crippen LogP contribution in [0.15, 0.2) is 0 Å². The van der Waals surface area contributed by atoms with E-state index in [1.807, 2.05) is 0 Å². The van der Waals surface area contributed by atoms with Crippen molar-refractivity contribution >= 4 is 97.2 Å². The smallest absolute Gasteiger partial charge is 1.00 e. The molecule has 9 atom stereocenters. The summed E-state index contributed by atoms with van der Waals surface area (Å²) in [4.78, 5) is 0. The fourth-order valence-corrected chi connectivity index (χ4v) is 0. The Balaban J connectivity index is -0.00000000565. The first-order valence-corrected chi connectivity index (χ1v) is 15.2. The zero-order valence-corrected chi connectivity index (χ0v) is 26.7. The van der Waals surface area contributed by atoms with Crippen molar-refractivity contribution < 1.29 is 73.9 Å². The van der Waals surface area contributed by atoms with Crippen molar-refractivity contribution in [2.45, 2.75) is 0 Å². The molecule has 13 heteroatoms. The molecule has 0 nitrogen and oxygen atoms in total. The average molecular weight is 586 g/mol. The maximum Gasteiger partial charge on any atom is 1.00 e. The van der Waals surface area contributed by atoms with Gasteiger partial charge < -0.3 is 1.43 Å². The molecule has 0 aliphatic carbocycles. The molecule has 0 aliphatic rings. The molecule has 0 saturated carbocycles. The molecule has 0 amide bonds. The molecule has 9 unspecified atom stereocenters. The molecule has 0 aromatic carbocycles. The van der Waals surface area contributed by atoms with Gasteiger partial charge in [-0.3, -0.25) is 0 Å². The van der Waals surface area contributed by atoms with Gasteiger partial charge >= 0.3 is 51.4 Å². The quantitative estimate of drug-likeness (QED) is 0.294. The molecular weight excluding hydrogens is 564 g/mol. The summed E-state index contributed by atoms with van der Waals surface area (Å²) in [5.74, 6) is 0. The largest absolute Gasteiger partial charge is 1.00 e. The Morgan fingerprint density at radius 1 is 0.923 bits per heavy atom. The van der Waals surface area contributed by atoms with Crippen LogP contribution >= 0.6 is 97.2 Å². The van der Waals surface area contributed by atoms with E-state index in [1.165, 1.54) is 0 Å². The average Bonchev–Trinajstić information content (AvgIpc) is 1.71. The minimum absolute atomic E-state index is 0. The van der Waals surface area contributed by atoms with Gasteiger partial charge in [0.1, 0.15) is 0 Å². The van der Waals surface area contributed by atoms with Crippen LogP contribution in [0.2, 0.25) is 0 Å². The van der Waals surface area contributed by atoms with Crippen LogP contribution in [0.3, 0.4) is 0 Å². The van der Waals surface area contributed by atoms with Crippen LogP contribution in [0.1, 0.15) is 1.43 Å². The summed E-state index contributed by atoms with van der Waals surface area (Å²) in [5, 5.41) is 0. The van der Waals surface area contributed by atoms with Gasteiger partial charge in [0.25, 0.3) is 0 Å². The van der Waals surface area contributed by atoms with Crippen molar-refractivity contribution in [2.24, 2.45) is 0 Å². The second-order valence-corrected chi connectivity index (χ2v) is 16.6. The summed E-state index contributed by atoms with van der Waals surface area (Å²) in [6.45, 7) is 0.130. The predicted octanol–water partition coefficient (Wildman–Crippen LogP) is 0.966. The van der Waals surface area contributed by atoms with E-state index in [4.69, 9.17) is 0 Å². The third kappa shape index (κ3) is 111. The fraction of sp³-hybridized carbons (Fsp3) is 0. The summed E-state index contributed by atoms with van der Waals surface area (Å²) in [6, 6.07) is 0. The fourth-order valence-electron chi connectivity index (χ4n) is 0. The van der Waals surface area contributed by atoms with Crippen molar-refractivity contribution in [3.63, 3.8) is 0 Å². The summed E-state index contributed by atoms with van der Waals surface area (Å²) in [6.07, 6.45) is 0. The zero-order chi connectivity index (χ0) is 8.28. The minimum atomic E-state index is 0. The molecule has 0 rings (SSSR count). The number of hydrogen-bond donors (Lipinski definition) is 0. The van der Waals surface area contributed by atoms with Crippen molar-refractivity contribution in [1.82, 2.24) is 0 Å². The Morgan fingerprint density at radius 2 is 0.923 bits per heavy atom. The molecule has 0 aromatic rings. The van der Waals surface area contributed by atoms with Crippen LogP contribution in [-0.4, -0.2) is 0 Å². The molecule has 0 bridgehead atoms. The molecule has 0 spiro atoms. The first-order chi connectivity index (χ1) is 4.15. The van der Waals surface area contributed by atoms with Crippen molar-refractivity contribution in [1.29, 1.82) is 0 Å². The van der Waals surface area contributed by atoms with Crippen LogP contribution in [0.5, 0.6) is 0 Å². The van der Waals surface area contributed by atoms with E-state index in [0.717, 1.165) is 7.96 Å². The Hall–Kier alpha value is 7.05.